The highest BCUT2D eigenvalue weighted by Crippen LogP contribution is 2.32. The first-order chi connectivity index (χ1) is 25.9. The molecule has 308 valence electrons. The molecule has 0 aliphatic carbocycles. The quantitative estimate of drug-likeness (QED) is 0.0817. The van der Waals surface area contributed by atoms with Crippen molar-refractivity contribution in [2.24, 2.45) is 0 Å². The lowest BCUT2D eigenvalue weighted by atomic mass is 9.97. The predicted octanol–water partition coefficient (Wildman–Crippen LogP) is -2.64. The fourth-order valence-corrected chi connectivity index (χ4v) is 5.79. The van der Waals surface area contributed by atoms with Gasteiger partial charge in [-0.2, -0.15) is 0 Å². The van der Waals surface area contributed by atoms with E-state index in [0.717, 1.165) is 6.08 Å². The number of rotatable bonds is 11. The summed E-state index contributed by atoms with van der Waals surface area (Å²) in [6.07, 6.45) is -19.4. The summed E-state index contributed by atoms with van der Waals surface area (Å²) in [6, 6.07) is 8.23. The van der Waals surface area contributed by atoms with E-state index in [9.17, 15) is 55.9 Å². The predicted molar refractivity (Wildman–Crippen MR) is 182 cm³/mol. The first kappa shape index (κ1) is 44.0. The van der Waals surface area contributed by atoms with Gasteiger partial charge < -0.3 is 94.8 Å². The molecule has 3 saturated heterocycles. The van der Waals surface area contributed by atoms with Gasteiger partial charge >= 0.3 is 5.97 Å². The first-order valence-corrected chi connectivity index (χ1v) is 17.1. The van der Waals surface area contributed by atoms with Gasteiger partial charge in [0.05, 0.1) is 25.4 Å². The van der Waals surface area contributed by atoms with Gasteiger partial charge in [0.25, 0.3) is 0 Å². The molecule has 0 amide bonds. The third-order valence-electron chi connectivity index (χ3n) is 9.11. The van der Waals surface area contributed by atoms with Gasteiger partial charge in [0.2, 0.25) is 0 Å². The number of aliphatic hydroxyl groups is 8. The Balaban J connectivity index is 0.000000437. The maximum atomic E-state index is 11.1. The summed E-state index contributed by atoms with van der Waals surface area (Å²) in [5.74, 6) is -2.19. The summed E-state index contributed by atoms with van der Waals surface area (Å²) in [5, 5.41) is 128. The lowest BCUT2D eigenvalue weighted by Crippen LogP contribution is -2.64. The average molecular weight is 789 g/mol. The van der Waals surface area contributed by atoms with E-state index in [-0.39, 0.29) is 36.0 Å². The van der Waals surface area contributed by atoms with Crippen molar-refractivity contribution in [3.05, 3.63) is 53.6 Å². The summed E-state index contributed by atoms with van der Waals surface area (Å²) >= 11 is 0. The van der Waals surface area contributed by atoms with Crippen molar-refractivity contribution in [1.82, 2.24) is 0 Å². The van der Waals surface area contributed by atoms with Crippen molar-refractivity contribution in [1.29, 1.82) is 0 Å². The number of hydrogen-bond acceptors (Lipinski definition) is 19. The van der Waals surface area contributed by atoms with Crippen LogP contribution in [0.3, 0.4) is 0 Å². The standard InChI is InChI=1S/C26H40O16.C9H8O4/c1-9-15(29)18(32)20(34)24(39-9)38-8-14-17(31)23(42-26-21(35)19(33)16(30)10(2)40-26)22(36)25(41-14)37-6-5-11-3-4-12(27)13(28)7-11;10-7-3-1-6(5-8(7)11)2-4-9(12)13/h3-4,7,9-10,14-36H,5-6,8H2,1-2H3;1-5,10-11H,(H,12,13)/b;4-2+. The van der Waals surface area contributed by atoms with Crippen molar-refractivity contribution >= 4 is 12.0 Å². The number of benzene rings is 2. The third kappa shape index (κ3) is 11.2. The molecule has 0 spiro atoms. The first-order valence-electron chi connectivity index (χ1n) is 17.1. The maximum Gasteiger partial charge on any atom is 0.328 e. The smallest absolute Gasteiger partial charge is 0.328 e. The molecule has 2 aromatic rings. The topological polar surface area (TPSA) is 335 Å². The third-order valence-corrected chi connectivity index (χ3v) is 9.11. The molecule has 20 nitrogen and oxygen atoms in total. The largest absolute Gasteiger partial charge is 0.504 e. The summed E-state index contributed by atoms with van der Waals surface area (Å²) in [4.78, 5) is 10.1. The summed E-state index contributed by atoms with van der Waals surface area (Å²) in [6.45, 7) is 2.34. The van der Waals surface area contributed by atoms with Crippen molar-refractivity contribution in [2.45, 2.75) is 112 Å². The summed E-state index contributed by atoms with van der Waals surface area (Å²) < 4.78 is 33.6. The van der Waals surface area contributed by atoms with E-state index in [2.05, 4.69) is 0 Å². The Labute approximate surface area is 313 Å². The monoisotopic (exact) mass is 788 g/mol. The molecular formula is C35H48O20. The Bertz CT molecular complexity index is 1570. The molecule has 15 unspecified atom stereocenters. The number of ether oxygens (including phenoxy) is 6. The molecule has 13 N–H and O–H groups in total. The Morgan fingerprint density at radius 1 is 0.636 bits per heavy atom. The number of carboxylic acids is 1. The Morgan fingerprint density at radius 3 is 1.76 bits per heavy atom. The van der Waals surface area contributed by atoms with Crippen LogP contribution >= 0.6 is 0 Å². The van der Waals surface area contributed by atoms with E-state index in [1.807, 2.05) is 0 Å². The van der Waals surface area contributed by atoms with Crippen LogP contribution in [0.1, 0.15) is 25.0 Å². The van der Waals surface area contributed by atoms with Gasteiger partial charge in [-0.1, -0.05) is 12.1 Å². The molecule has 3 heterocycles. The Kier molecular flexibility index (Phi) is 15.6. The molecule has 5 rings (SSSR count). The molecule has 15 atom stereocenters. The van der Waals surface area contributed by atoms with E-state index in [4.69, 9.17) is 43.7 Å². The van der Waals surface area contributed by atoms with Crippen LogP contribution in [0, 0.1) is 0 Å². The molecule has 55 heavy (non-hydrogen) atoms. The maximum absolute atomic E-state index is 11.1. The number of aliphatic carboxylic acids is 1. The minimum Gasteiger partial charge on any atom is -0.504 e. The second kappa shape index (κ2) is 19.4. The van der Waals surface area contributed by atoms with Gasteiger partial charge in [0, 0.05) is 6.08 Å². The fourth-order valence-electron chi connectivity index (χ4n) is 5.79. The highest BCUT2D eigenvalue weighted by Gasteiger charge is 2.51. The molecule has 3 aliphatic heterocycles. The zero-order valence-corrected chi connectivity index (χ0v) is 29.6. The normalized spacial score (nSPS) is 36.6. The molecular weight excluding hydrogens is 740 g/mol. The van der Waals surface area contributed by atoms with Gasteiger partial charge in [0.1, 0.15) is 61.0 Å². The van der Waals surface area contributed by atoms with Gasteiger partial charge in [-0.05, 0) is 61.7 Å². The van der Waals surface area contributed by atoms with Gasteiger partial charge in [-0.3, -0.25) is 0 Å². The van der Waals surface area contributed by atoms with E-state index in [0.29, 0.717) is 11.1 Å². The van der Waals surface area contributed by atoms with Crippen molar-refractivity contribution < 1.29 is 99.6 Å². The number of aromatic hydroxyl groups is 4. The number of phenols is 4. The fraction of sp³-hybridized carbons (Fsp3) is 0.571. The minimum absolute atomic E-state index is 0.0706. The number of hydrogen-bond donors (Lipinski definition) is 13. The van der Waals surface area contributed by atoms with E-state index in [1.54, 1.807) is 6.07 Å². The zero-order chi connectivity index (χ0) is 40.7. The van der Waals surface area contributed by atoms with E-state index >= 15 is 0 Å². The lowest BCUT2D eigenvalue weighted by Gasteiger charge is -2.46. The average Bonchev–Trinajstić information content (AvgIpc) is 3.14. The minimum atomic E-state index is -1.74. The van der Waals surface area contributed by atoms with Crippen LogP contribution < -0.4 is 0 Å². The molecule has 3 aliphatic rings. The summed E-state index contributed by atoms with van der Waals surface area (Å²) in [7, 11) is 0. The number of carboxylic acid groups (broad SMARTS) is 1. The number of carbonyl (C=O) groups is 1. The van der Waals surface area contributed by atoms with Gasteiger partial charge in [-0.15, -0.1) is 0 Å². The Hall–Kier alpha value is -3.71. The second-order valence-electron chi connectivity index (χ2n) is 13.2. The van der Waals surface area contributed by atoms with E-state index < -0.39 is 105 Å². The molecule has 0 bridgehead atoms. The van der Waals surface area contributed by atoms with Crippen molar-refractivity contribution in [3.8, 4) is 23.0 Å². The van der Waals surface area contributed by atoms with Crippen LogP contribution in [0.15, 0.2) is 42.5 Å². The van der Waals surface area contributed by atoms with Crippen LogP contribution in [0.2, 0.25) is 0 Å². The molecule has 3 fully saturated rings. The Morgan fingerprint density at radius 2 is 1.18 bits per heavy atom. The zero-order valence-electron chi connectivity index (χ0n) is 29.6. The highest BCUT2D eigenvalue weighted by atomic mass is 16.7. The van der Waals surface area contributed by atoms with Crippen LogP contribution in [0.5, 0.6) is 23.0 Å². The van der Waals surface area contributed by atoms with Crippen LogP contribution in [0.4, 0.5) is 0 Å². The van der Waals surface area contributed by atoms with Crippen LogP contribution in [0.25, 0.3) is 6.08 Å². The molecule has 0 saturated carbocycles. The summed E-state index contributed by atoms with van der Waals surface area (Å²) in [5.41, 5.74) is 1.10. The van der Waals surface area contributed by atoms with Crippen LogP contribution in [-0.4, -0.2) is 178 Å². The molecule has 20 heteroatoms. The van der Waals surface area contributed by atoms with Crippen LogP contribution in [-0.2, 0) is 39.6 Å². The molecule has 0 aromatic heterocycles. The van der Waals surface area contributed by atoms with Gasteiger partial charge in [-0.25, -0.2) is 4.79 Å². The van der Waals surface area contributed by atoms with Crippen molar-refractivity contribution in [2.75, 3.05) is 13.2 Å². The number of phenolic OH excluding ortho intramolecular Hbond substituents is 4. The SMILES string of the molecule is CC1OC(OCC2OC(OCCc3ccc(O)c(O)c3)C(O)C(OC3OC(C)C(O)C(O)C3O)C2O)C(O)C(O)C1O.O=C(O)/C=C/c1ccc(O)c(O)c1. The second-order valence-corrected chi connectivity index (χ2v) is 13.2. The number of aliphatic hydroxyl groups excluding tert-OH is 8. The van der Waals surface area contributed by atoms with E-state index in [1.165, 1.54) is 50.3 Å². The molecule has 2 aromatic carbocycles. The highest BCUT2D eigenvalue weighted by molar-refractivity contribution is 5.85. The lowest BCUT2D eigenvalue weighted by molar-refractivity contribution is -0.363. The van der Waals surface area contributed by atoms with Gasteiger partial charge in [0.15, 0.2) is 41.9 Å². The van der Waals surface area contributed by atoms with Crippen molar-refractivity contribution in [3.63, 3.8) is 0 Å². The molecule has 0 radical (unpaired) electrons.